The highest BCUT2D eigenvalue weighted by molar-refractivity contribution is 6.04. The highest BCUT2D eigenvalue weighted by Crippen LogP contribution is 2.35. The van der Waals surface area contributed by atoms with E-state index in [1.165, 1.54) is 12.1 Å². The number of rotatable bonds is 4. The van der Waals surface area contributed by atoms with Crippen LogP contribution < -0.4 is 10.6 Å². The zero-order chi connectivity index (χ0) is 24.7. The number of hydrogen-bond acceptors (Lipinski definition) is 5. The van der Waals surface area contributed by atoms with E-state index in [1.807, 2.05) is 13.0 Å². The van der Waals surface area contributed by atoms with Crippen LogP contribution in [0.25, 0.3) is 11.5 Å². The molecule has 0 aliphatic carbocycles. The number of carbonyl (C=O) groups excluding carboxylic acids is 2. The van der Waals surface area contributed by atoms with Crippen LogP contribution in [0.4, 0.5) is 15.0 Å². The van der Waals surface area contributed by atoms with Gasteiger partial charge < -0.3 is 20.1 Å². The maximum Gasteiger partial charge on any atom is 0.317 e. The zero-order valence-electron chi connectivity index (χ0n) is 20.1. The van der Waals surface area contributed by atoms with E-state index < -0.39 is 11.7 Å². The van der Waals surface area contributed by atoms with Crippen LogP contribution in [0.15, 0.2) is 30.3 Å². The molecule has 9 nitrogen and oxygen atoms in total. The Morgan fingerprint density at radius 1 is 1.14 bits per heavy atom. The molecule has 2 N–H and O–H groups in total. The maximum absolute atomic E-state index is 14.8. The van der Waals surface area contributed by atoms with Crippen LogP contribution in [-0.4, -0.2) is 49.7 Å². The number of benzene rings is 1. The van der Waals surface area contributed by atoms with Crippen molar-refractivity contribution < 1.29 is 14.0 Å². The summed E-state index contributed by atoms with van der Waals surface area (Å²) in [7, 11) is 0. The summed E-state index contributed by atoms with van der Waals surface area (Å²) in [5.41, 5.74) is 1.95. The smallest absolute Gasteiger partial charge is 0.317 e. The van der Waals surface area contributed by atoms with Gasteiger partial charge in [-0.15, -0.1) is 10.2 Å². The van der Waals surface area contributed by atoms with Crippen molar-refractivity contribution in [3.05, 3.63) is 58.7 Å². The minimum atomic E-state index is -0.600. The van der Waals surface area contributed by atoms with E-state index in [0.717, 1.165) is 29.8 Å². The van der Waals surface area contributed by atoms with Gasteiger partial charge in [0, 0.05) is 31.6 Å². The van der Waals surface area contributed by atoms with E-state index in [0.29, 0.717) is 43.4 Å². The van der Waals surface area contributed by atoms with Gasteiger partial charge in [-0.25, -0.2) is 14.2 Å². The van der Waals surface area contributed by atoms with Crippen molar-refractivity contribution in [2.24, 2.45) is 0 Å². The number of halogens is 1. The van der Waals surface area contributed by atoms with Gasteiger partial charge in [-0.05, 0) is 69.0 Å². The molecule has 10 heteroatoms. The Morgan fingerprint density at radius 3 is 2.77 bits per heavy atom. The molecule has 0 radical (unpaired) electrons. The van der Waals surface area contributed by atoms with Crippen molar-refractivity contribution >= 4 is 17.8 Å². The number of fused-ring (bicyclic) bond motifs is 2. The van der Waals surface area contributed by atoms with Crippen LogP contribution in [0.1, 0.15) is 54.5 Å². The minimum Gasteiger partial charge on any atom is -0.338 e. The van der Waals surface area contributed by atoms with E-state index in [-0.39, 0.29) is 17.1 Å². The molecule has 0 bridgehead atoms. The Kier molecular flexibility index (Phi) is 5.74. The Hall–Kier alpha value is -3.82. The number of aryl methyl sites for hydroxylation is 1. The van der Waals surface area contributed by atoms with Crippen molar-refractivity contribution in [3.8, 4) is 11.5 Å². The molecule has 4 heterocycles. The van der Waals surface area contributed by atoms with E-state index in [9.17, 15) is 14.0 Å². The first-order valence-electron chi connectivity index (χ1n) is 11.8. The van der Waals surface area contributed by atoms with E-state index in [4.69, 9.17) is 0 Å². The SMILES string of the molecule is CCNC(=O)N1CCc2cc(F)c(C(=O)Nc3cccc(-c4nnc5n4C(C)(C)CC5)n3)cc2C1. The molecule has 35 heavy (non-hydrogen) atoms. The number of nitrogens with one attached hydrogen (secondary N) is 2. The third-order valence-corrected chi connectivity index (χ3v) is 6.68. The number of carbonyl (C=O) groups is 2. The highest BCUT2D eigenvalue weighted by Gasteiger charge is 2.34. The third-order valence-electron chi connectivity index (χ3n) is 6.68. The molecule has 3 amide bonds. The molecule has 0 atom stereocenters. The molecule has 0 fully saturated rings. The second kappa shape index (κ2) is 8.75. The molecular weight excluding hydrogens is 449 g/mol. The lowest BCUT2D eigenvalue weighted by Crippen LogP contribution is -2.42. The molecule has 182 valence electrons. The van der Waals surface area contributed by atoms with Gasteiger partial charge in [-0.2, -0.15) is 0 Å². The lowest BCUT2D eigenvalue weighted by atomic mass is 9.96. The maximum atomic E-state index is 14.8. The second-order valence-corrected chi connectivity index (χ2v) is 9.56. The Morgan fingerprint density at radius 2 is 1.97 bits per heavy atom. The first-order chi connectivity index (χ1) is 16.8. The van der Waals surface area contributed by atoms with Crippen molar-refractivity contribution in [3.63, 3.8) is 0 Å². The number of nitrogens with zero attached hydrogens (tertiary/aromatic N) is 5. The number of amides is 3. The fraction of sp³-hybridized carbons (Fsp3) is 0.400. The minimum absolute atomic E-state index is 0.0850. The van der Waals surface area contributed by atoms with Gasteiger partial charge >= 0.3 is 6.03 Å². The summed E-state index contributed by atoms with van der Waals surface area (Å²) >= 11 is 0. The quantitative estimate of drug-likeness (QED) is 0.599. The summed E-state index contributed by atoms with van der Waals surface area (Å²) in [5.74, 6) is 0.655. The first kappa shape index (κ1) is 22.9. The molecule has 0 saturated carbocycles. The van der Waals surface area contributed by atoms with Crippen molar-refractivity contribution in [2.45, 2.75) is 52.1 Å². The largest absolute Gasteiger partial charge is 0.338 e. The van der Waals surface area contributed by atoms with Crippen molar-refractivity contribution in [1.29, 1.82) is 0 Å². The standard InChI is InChI=1S/C25H28FN7O2/c1-4-27-24(35)32-11-9-15-13-18(26)17(12-16(15)14-32)23(34)29-20-7-5-6-19(28-20)22-31-30-21-8-10-25(2,3)33(21)22/h5-7,12-13H,4,8-11,14H2,1-3H3,(H,27,35)(H,28,29,34). The second-order valence-electron chi connectivity index (χ2n) is 9.56. The predicted octanol–water partition coefficient (Wildman–Crippen LogP) is 3.50. The van der Waals surface area contributed by atoms with Gasteiger partial charge in [-0.3, -0.25) is 4.79 Å². The molecule has 5 rings (SSSR count). The van der Waals surface area contributed by atoms with Crippen molar-refractivity contribution in [1.82, 2.24) is 30.0 Å². The van der Waals surface area contributed by atoms with E-state index >= 15 is 0 Å². The van der Waals surface area contributed by atoms with Gasteiger partial charge in [0.2, 0.25) is 0 Å². The predicted molar refractivity (Wildman–Crippen MR) is 128 cm³/mol. The molecule has 2 aliphatic heterocycles. The summed E-state index contributed by atoms with van der Waals surface area (Å²) in [6, 6.07) is 8.00. The van der Waals surface area contributed by atoms with Crippen LogP contribution in [0, 0.1) is 5.82 Å². The summed E-state index contributed by atoms with van der Waals surface area (Å²) in [5, 5.41) is 14.1. The third kappa shape index (κ3) is 4.24. The Balaban J connectivity index is 1.38. The molecule has 2 aliphatic rings. The van der Waals surface area contributed by atoms with Gasteiger partial charge in [0.05, 0.1) is 5.56 Å². The zero-order valence-corrected chi connectivity index (χ0v) is 20.1. The molecule has 0 spiro atoms. The molecule has 3 aromatic rings. The molecular formula is C25H28FN7O2. The van der Waals surface area contributed by atoms with E-state index in [1.54, 1.807) is 17.0 Å². The number of aromatic nitrogens is 4. The fourth-order valence-corrected chi connectivity index (χ4v) is 4.81. The van der Waals surface area contributed by atoms with E-state index in [2.05, 4.69) is 44.2 Å². The first-order valence-corrected chi connectivity index (χ1v) is 11.8. The lowest BCUT2D eigenvalue weighted by Gasteiger charge is -2.29. The summed E-state index contributed by atoms with van der Waals surface area (Å²) in [6.45, 7) is 7.48. The van der Waals surface area contributed by atoms with Crippen LogP contribution in [0.5, 0.6) is 0 Å². The molecule has 1 aromatic carbocycles. The normalized spacial score (nSPS) is 15.9. The summed E-state index contributed by atoms with van der Waals surface area (Å²) < 4.78 is 16.9. The van der Waals surface area contributed by atoms with Crippen LogP contribution >= 0.6 is 0 Å². The topological polar surface area (TPSA) is 105 Å². The van der Waals surface area contributed by atoms with Crippen molar-refractivity contribution in [2.75, 3.05) is 18.4 Å². The monoisotopic (exact) mass is 477 g/mol. The van der Waals surface area contributed by atoms with Crippen LogP contribution in [0.3, 0.4) is 0 Å². The molecule has 0 unspecified atom stereocenters. The van der Waals surface area contributed by atoms with Gasteiger partial charge in [0.25, 0.3) is 5.91 Å². The Labute approximate surface area is 202 Å². The van der Waals surface area contributed by atoms with Gasteiger partial charge in [-0.1, -0.05) is 6.07 Å². The average molecular weight is 478 g/mol. The highest BCUT2D eigenvalue weighted by atomic mass is 19.1. The average Bonchev–Trinajstić information content (AvgIpc) is 3.39. The summed E-state index contributed by atoms with van der Waals surface area (Å²) in [6.07, 6.45) is 2.36. The van der Waals surface area contributed by atoms with Gasteiger partial charge in [0.1, 0.15) is 23.2 Å². The fourth-order valence-electron chi connectivity index (χ4n) is 4.81. The number of urea groups is 1. The van der Waals surface area contributed by atoms with Gasteiger partial charge in [0.15, 0.2) is 5.82 Å². The number of anilines is 1. The lowest BCUT2D eigenvalue weighted by molar-refractivity contribution is 0.102. The molecule has 2 aromatic heterocycles. The Bertz CT molecular complexity index is 1320. The van der Waals surface area contributed by atoms with Crippen LogP contribution in [-0.2, 0) is 24.9 Å². The summed E-state index contributed by atoms with van der Waals surface area (Å²) in [4.78, 5) is 31.4. The van der Waals surface area contributed by atoms with Crippen LogP contribution in [0.2, 0.25) is 0 Å². The number of pyridine rings is 1. The molecule has 0 saturated heterocycles. The number of hydrogen-bond donors (Lipinski definition) is 2.